The van der Waals surface area contributed by atoms with Crippen LogP contribution in [0.2, 0.25) is 0 Å². The van der Waals surface area contributed by atoms with Crippen LogP contribution in [0, 0.1) is 0 Å². The second-order valence-electron chi connectivity index (χ2n) is 5.38. The van der Waals surface area contributed by atoms with E-state index in [1.807, 2.05) is 0 Å². The summed E-state index contributed by atoms with van der Waals surface area (Å²) >= 11 is 2.06. The van der Waals surface area contributed by atoms with Gasteiger partial charge in [0.1, 0.15) is 0 Å². The van der Waals surface area contributed by atoms with Crippen LogP contribution in [-0.4, -0.2) is 11.3 Å². The molecule has 1 aliphatic carbocycles. The predicted molar refractivity (Wildman–Crippen MR) is 81.1 cm³/mol. The van der Waals surface area contributed by atoms with Crippen molar-refractivity contribution in [2.75, 3.05) is 0 Å². The van der Waals surface area contributed by atoms with Gasteiger partial charge in [0.25, 0.3) is 0 Å². The Hall–Kier alpha value is -0.470. The molecule has 0 spiro atoms. The van der Waals surface area contributed by atoms with Gasteiger partial charge in [-0.1, -0.05) is 31.9 Å². The first-order valence-electron chi connectivity index (χ1n) is 7.29. The molecule has 0 radical (unpaired) electrons. The van der Waals surface area contributed by atoms with Crippen LogP contribution < -0.4 is 5.73 Å². The summed E-state index contributed by atoms with van der Waals surface area (Å²) in [5, 5.41) is 0.865. The molecule has 1 unspecified atom stereocenters. The first-order chi connectivity index (χ1) is 8.78. The van der Waals surface area contributed by atoms with Gasteiger partial charge < -0.3 is 5.73 Å². The highest BCUT2D eigenvalue weighted by Gasteiger charge is 2.15. The maximum atomic E-state index is 5.96. The molecule has 1 aromatic rings. The van der Waals surface area contributed by atoms with Crippen molar-refractivity contribution in [2.24, 2.45) is 5.73 Å². The average molecular weight is 263 g/mol. The molecule has 2 rings (SSSR count). The molecule has 0 saturated heterocycles. The number of thioether (sulfide) groups is 1. The van der Waals surface area contributed by atoms with E-state index in [9.17, 15) is 0 Å². The molecule has 1 aliphatic rings. The van der Waals surface area contributed by atoms with E-state index in [1.165, 1.54) is 36.1 Å². The fraction of sp³-hybridized carbons (Fsp3) is 0.625. The third-order valence-electron chi connectivity index (χ3n) is 3.86. The van der Waals surface area contributed by atoms with Gasteiger partial charge in [-0.25, -0.2) is 0 Å². The van der Waals surface area contributed by atoms with Crippen LogP contribution in [0.15, 0.2) is 29.2 Å². The van der Waals surface area contributed by atoms with E-state index < -0.39 is 0 Å². The summed E-state index contributed by atoms with van der Waals surface area (Å²) in [4.78, 5) is 1.44. The zero-order valence-corrected chi connectivity index (χ0v) is 12.2. The normalized spacial score (nSPS) is 18.1. The van der Waals surface area contributed by atoms with E-state index in [0.29, 0.717) is 6.04 Å². The zero-order chi connectivity index (χ0) is 12.8. The smallest absolute Gasteiger partial charge is 0.00944 e. The molecule has 1 saturated carbocycles. The lowest BCUT2D eigenvalue weighted by molar-refractivity contribution is 0.596. The SMILES string of the molecule is CCC(N)CCc1ccc(SC2CCCC2)cc1. The highest BCUT2D eigenvalue weighted by Crippen LogP contribution is 2.34. The van der Waals surface area contributed by atoms with E-state index >= 15 is 0 Å². The summed E-state index contributed by atoms with van der Waals surface area (Å²) in [7, 11) is 0. The van der Waals surface area contributed by atoms with Gasteiger partial charge in [0.15, 0.2) is 0 Å². The molecule has 0 amide bonds. The fourth-order valence-electron chi connectivity index (χ4n) is 2.49. The maximum absolute atomic E-state index is 5.96. The summed E-state index contributed by atoms with van der Waals surface area (Å²) in [6, 6.07) is 9.49. The summed E-state index contributed by atoms with van der Waals surface area (Å²) in [6.45, 7) is 2.16. The van der Waals surface area contributed by atoms with Gasteiger partial charge in [0.05, 0.1) is 0 Å². The van der Waals surface area contributed by atoms with Gasteiger partial charge in [-0.05, 0) is 49.8 Å². The average Bonchev–Trinajstić information content (AvgIpc) is 2.90. The van der Waals surface area contributed by atoms with Crippen LogP contribution >= 0.6 is 11.8 Å². The van der Waals surface area contributed by atoms with Crippen molar-refractivity contribution in [1.82, 2.24) is 0 Å². The summed E-state index contributed by atoms with van der Waals surface area (Å²) < 4.78 is 0. The van der Waals surface area contributed by atoms with Crippen LogP contribution in [0.25, 0.3) is 0 Å². The van der Waals surface area contributed by atoms with Crippen LogP contribution in [0.4, 0.5) is 0 Å². The molecule has 0 bridgehead atoms. The van der Waals surface area contributed by atoms with Crippen molar-refractivity contribution < 1.29 is 0 Å². The highest BCUT2D eigenvalue weighted by molar-refractivity contribution is 8.00. The van der Waals surface area contributed by atoms with Crippen molar-refractivity contribution in [2.45, 2.75) is 68.1 Å². The molecular weight excluding hydrogens is 238 g/mol. The molecule has 18 heavy (non-hydrogen) atoms. The van der Waals surface area contributed by atoms with Gasteiger partial charge in [0.2, 0.25) is 0 Å². The van der Waals surface area contributed by atoms with Gasteiger partial charge in [-0.3, -0.25) is 0 Å². The lowest BCUT2D eigenvalue weighted by atomic mass is 10.0. The topological polar surface area (TPSA) is 26.0 Å². The Bertz CT molecular complexity index is 341. The van der Waals surface area contributed by atoms with E-state index in [1.54, 1.807) is 0 Å². The number of nitrogens with two attached hydrogens (primary N) is 1. The second kappa shape index (κ2) is 7.20. The molecule has 100 valence electrons. The third-order valence-corrected chi connectivity index (χ3v) is 5.21. The Balaban J connectivity index is 1.81. The molecular formula is C16H25NS. The van der Waals surface area contributed by atoms with Crippen LogP contribution in [0.5, 0.6) is 0 Å². The number of hydrogen-bond acceptors (Lipinski definition) is 2. The molecule has 2 N–H and O–H groups in total. The Morgan fingerprint density at radius 2 is 1.89 bits per heavy atom. The minimum Gasteiger partial charge on any atom is -0.328 e. The lowest BCUT2D eigenvalue weighted by Crippen LogP contribution is -2.18. The van der Waals surface area contributed by atoms with E-state index in [-0.39, 0.29) is 0 Å². The summed E-state index contributed by atoms with van der Waals surface area (Å²) in [5.41, 5.74) is 7.38. The molecule has 0 aliphatic heterocycles. The van der Waals surface area contributed by atoms with Gasteiger partial charge >= 0.3 is 0 Å². The number of aryl methyl sites for hydroxylation is 1. The first-order valence-corrected chi connectivity index (χ1v) is 8.17. The summed E-state index contributed by atoms with van der Waals surface area (Å²) in [6.07, 6.45) is 8.94. The van der Waals surface area contributed by atoms with Crippen LogP contribution in [0.3, 0.4) is 0 Å². The standard InChI is InChI=1S/C16H25NS/c1-2-14(17)10-7-13-8-11-16(12-9-13)18-15-5-3-4-6-15/h8-9,11-12,14-15H,2-7,10,17H2,1H3. The van der Waals surface area contributed by atoms with E-state index in [0.717, 1.165) is 24.5 Å². The van der Waals surface area contributed by atoms with Crippen LogP contribution in [-0.2, 0) is 6.42 Å². The van der Waals surface area contributed by atoms with Crippen molar-refractivity contribution in [3.05, 3.63) is 29.8 Å². The van der Waals surface area contributed by atoms with Crippen molar-refractivity contribution in [3.8, 4) is 0 Å². The van der Waals surface area contributed by atoms with Crippen LogP contribution in [0.1, 0.15) is 51.0 Å². The number of benzene rings is 1. The Kier molecular flexibility index (Phi) is 5.58. The summed E-state index contributed by atoms with van der Waals surface area (Å²) in [5.74, 6) is 0. The Labute approximate surface area is 116 Å². The molecule has 1 atom stereocenters. The molecule has 0 heterocycles. The van der Waals surface area contributed by atoms with Crippen molar-refractivity contribution >= 4 is 11.8 Å². The van der Waals surface area contributed by atoms with Gasteiger partial charge in [0, 0.05) is 16.2 Å². The Morgan fingerprint density at radius 3 is 2.50 bits per heavy atom. The Morgan fingerprint density at radius 1 is 1.22 bits per heavy atom. The van der Waals surface area contributed by atoms with Gasteiger partial charge in [-0.2, -0.15) is 0 Å². The fourth-order valence-corrected chi connectivity index (χ4v) is 3.74. The number of hydrogen-bond donors (Lipinski definition) is 1. The molecule has 2 heteroatoms. The molecule has 1 fully saturated rings. The predicted octanol–water partition coefficient (Wildman–Crippen LogP) is 4.39. The quantitative estimate of drug-likeness (QED) is 0.823. The second-order valence-corrected chi connectivity index (χ2v) is 6.75. The first kappa shape index (κ1) is 14.0. The lowest BCUT2D eigenvalue weighted by Gasteiger charge is -2.10. The largest absolute Gasteiger partial charge is 0.328 e. The maximum Gasteiger partial charge on any atom is 0.00944 e. The van der Waals surface area contributed by atoms with Crippen molar-refractivity contribution in [3.63, 3.8) is 0 Å². The van der Waals surface area contributed by atoms with E-state index in [2.05, 4.69) is 43.0 Å². The third kappa shape index (κ3) is 4.33. The van der Waals surface area contributed by atoms with Crippen molar-refractivity contribution in [1.29, 1.82) is 0 Å². The highest BCUT2D eigenvalue weighted by atomic mass is 32.2. The minimum absolute atomic E-state index is 0.359. The molecule has 0 aromatic heterocycles. The molecule has 1 nitrogen and oxygen atoms in total. The minimum atomic E-state index is 0.359. The molecule has 1 aromatic carbocycles. The number of rotatable bonds is 6. The van der Waals surface area contributed by atoms with E-state index in [4.69, 9.17) is 5.73 Å². The monoisotopic (exact) mass is 263 g/mol. The zero-order valence-electron chi connectivity index (χ0n) is 11.4. The van der Waals surface area contributed by atoms with Gasteiger partial charge in [-0.15, -0.1) is 11.8 Å².